The van der Waals surface area contributed by atoms with Gasteiger partial charge in [0.2, 0.25) is 0 Å². The fourth-order valence-electron chi connectivity index (χ4n) is 2.24. The van der Waals surface area contributed by atoms with Crippen LogP contribution in [-0.4, -0.2) is 20.0 Å². The van der Waals surface area contributed by atoms with Crippen LogP contribution in [0.4, 0.5) is 5.69 Å². The molecule has 7 nitrogen and oxygen atoms in total. The first kappa shape index (κ1) is 14.4. The minimum Gasteiger partial charge on any atom is -0.462 e. The van der Waals surface area contributed by atoms with Crippen LogP contribution in [0.5, 0.6) is 0 Å². The van der Waals surface area contributed by atoms with Crippen molar-refractivity contribution >= 4 is 5.69 Å². The molecule has 0 bridgehead atoms. The maximum atomic E-state index is 10.1. The molecule has 3 rings (SSSR count). The second-order valence-corrected chi connectivity index (χ2v) is 5.22. The predicted octanol–water partition coefficient (Wildman–Crippen LogP) is 2.54. The van der Waals surface area contributed by atoms with Gasteiger partial charge >= 0.3 is 0 Å². The van der Waals surface area contributed by atoms with Crippen molar-refractivity contribution in [3.63, 3.8) is 0 Å². The largest absolute Gasteiger partial charge is 0.462 e. The zero-order valence-corrected chi connectivity index (χ0v) is 12.7. The van der Waals surface area contributed by atoms with E-state index >= 15 is 0 Å². The van der Waals surface area contributed by atoms with Crippen molar-refractivity contribution in [2.45, 2.75) is 33.5 Å². The van der Waals surface area contributed by atoms with Gasteiger partial charge in [-0.1, -0.05) is 5.16 Å². The van der Waals surface area contributed by atoms with Gasteiger partial charge in [-0.15, -0.1) is 0 Å². The highest BCUT2D eigenvalue weighted by Crippen LogP contribution is 2.20. The number of rotatable bonds is 5. The molecule has 0 spiro atoms. The molecule has 0 aliphatic heterocycles. The molecule has 0 aliphatic carbocycles. The molecule has 3 aromatic heterocycles. The highest BCUT2D eigenvalue weighted by Gasteiger charge is 2.13. The van der Waals surface area contributed by atoms with Crippen molar-refractivity contribution in [3.05, 3.63) is 53.1 Å². The minimum atomic E-state index is -0.912. The molecule has 2 N–H and O–H groups in total. The van der Waals surface area contributed by atoms with Crippen molar-refractivity contribution in [2.75, 3.05) is 5.32 Å². The number of hydrogen-bond acceptors (Lipinski definition) is 6. The van der Waals surface area contributed by atoms with Gasteiger partial charge in [-0.05, 0) is 32.9 Å². The molecule has 3 heterocycles. The zero-order valence-electron chi connectivity index (χ0n) is 12.7. The van der Waals surface area contributed by atoms with E-state index in [1.807, 2.05) is 27.0 Å². The van der Waals surface area contributed by atoms with Crippen LogP contribution in [0.3, 0.4) is 0 Å². The molecule has 3 aromatic rings. The molecule has 0 radical (unpaired) electrons. The number of nitrogens with zero attached hydrogens (tertiary/aromatic N) is 3. The second-order valence-electron chi connectivity index (χ2n) is 5.22. The normalized spacial score (nSPS) is 12.5. The average Bonchev–Trinajstić information content (AvgIpc) is 3.17. The standard InChI is InChI=1S/C15H18N4O3/c1-9-4-5-14(21-9)15(20)17-12-6-16-19(7-12)8-13-10(2)18-22-11(13)3/h4-7,15,17,20H,8H2,1-3H3. The molecule has 116 valence electrons. The number of aromatic nitrogens is 3. The maximum absolute atomic E-state index is 10.1. The first-order valence-corrected chi connectivity index (χ1v) is 6.98. The van der Waals surface area contributed by atoms with Crippen molar-refractivity contribution in [1.29, 1.82) is 0 Å². The number of aliphatic hydroxyl groups is 1. The number of aryl methyl sites for hydroxylation is 3. The Labute approximate surface area is 127 Å². The van der Waals surface area contributed by atoms with Gasteiger partial charge in [0.25, 0.3) is 0 Å². The van der Waals surface area contributed by atoms with Crippen LogP contribution in [0, 0.1) is 20.8 Å². The molecule has 1 unspecified atom stereocenters. The summed E-state index contributed by atoms with van der Waals surface area (Å²) in [6.45, 7) is 6.18. The van der Waals surface area contributed by atoms with E-state index in [2.05, 4.69) is 15.6 Å². The Morgan fingerprint density at radius 2 is 2.14 bits per heavy atom. The summed E-state index contributed by atoms with van der Waals surface area (Å²) in [5.41, 5.74) is 2.57. The van der Waals surface area contributed by atoms with Gasteiger partial charge in [-0.3, -0.25) is 4.68 Å². The Kier molecular flexibility index (Phi) is 3.72. The van der Waals surface area contributed by atoms with Crippen LogP contribution in [0.1, 0.15) is 34.8 Å². The van der Waals surface area contributed by atoms with E-state index in [1.54, 1.807) is 23.0 Å². The lowest BCUT2D eigenvalue weighted by Crippen LogP contribution is -2.08. The molecule has 1 atom stereocenters. The summed E-state index contributed by atoms with van der Waals surface area (Å²) >= 11 is 0. The van der Waals surface area contributed by atoms with E-state index in [4.69, 9.17) is 8.94 Å². The molecule has 22 heavy (non-hydrogen) atoms. The first-order chi connectivity index (χ1) is 10.5. The third kappa shape index (κ3) is 2.89. The molecule has 0 amide bonds. The molecule has 0 fully saturated rings. The number of hydrogen-bond donors (Lipinski definition) is 2. The number of nitrogens with one attached hydrogen (secondary N) is 1. The van der Waals surface area contributed by atoms with Crippen LogP contribution in [0.15, 0.2) is 33.5 Å². The maximum Gasteiger partial charge on any atom is 0.184 e. The minimum absolute atomic E-state index is 0.468. The number of anilines is 1. The molecule has 0 aromatic carbocycles. The van der Waals surface area contributed by atoms with Crippen LogP contribution in [0.25, 0.3) is 0 Å². The Hall–Kier alpha value is -2.54. The fraction of sp³-hybridized carbons (Fsp3) is 0.333. The lowest BCUT2D eigenvalue weighted by molar-refractivity contribution is 0.176. The predicted molar refractivity (Wildman–Crippen MR) is 79.3 cm³/mol. The van der Waals surface area contributed by atoms with Crippen LogP contribution < -0.4 is 5.32 Å². The topological polar surface area (TPSA) is 89.2 Å². The van der Waals surface area contributed by atoms with Gasteiger partial charge in [-0.2, -0.15) is 5.10 Å². The van der Waals surface area contributed by atoms with E-state index in [-0.39, 0.29) is 0 Å². The van der Waals surface area contributed by atoms with Gasteiger partial charge in [-0.25, -0.2) is 0 Å². The van der Waals surface area contributed by atoms with E-state index in [0.29, 0.717) is 18.0 Å². The second kappa shape index (κ2) is 5.69. The van der Waals surface area contributed by atoms with E-state index in [0.717, 1.165) is 22.8 Å². The van der Waals surface area contributed by atoms with Crippen molar-refractivity contribution < 1.29 is 14.0 Å². The van der Waals surface area contributed by atoms with Crippen molar-refractivity contribution in [2.24, 2.45) is 0 Å². The Morgan fingerprint density at radius 1 is 1.32 bits per heavy atom. The number of aliphatic hydroxyl groups excluding tert-OH is 1. The summed E-state index contributed by atoms with van der Waals surface area (Å²) < 4.78 is 12.3. The Morgan fingerprint density at radius 3 is 2.77 bits per heavy atom. The quantitative estimate of drug-likeness (QED) is 0.704. The highest BCUT2D eigenvalue weighted by atomic mass is 16.5. The smallest absolute Gasteiger partial charge is 0.184 e. The monoisotopic (exact) mass is 302 g/mol. The Bertz CT molecular complexity index is 752. The highest BCUT2D eigenvalue weighted by molar-refractivity contribution is 5.40. The van der Waals surface area contributed by atoms with Gasteiger partial charge in [0.15, 0.2) is 12.0 Å². The third-order valence-electron chi connectivity index (χ3n) is 3.47. The van der Waals surface area contributed by atoms with E-state index < -0.39 is 6.23 Å². The van der Waals surface area contributed by atoms with Crippen LogP contribution >= 0.6 is 0 Å². The molecule has 0 aliphatic rings. The molecule has 0 saturated heterocycles. The van der Waals surface area contributed by atoms with Crippen molar-refractivity contribution in [1.82, 2.24) is 14.9 Å². The van der Waals surface area contributed by atoms with Crippen molar-refractivity contribution in [3.8, 4) is 0 Å². The summed E-state index contributed by atoms with van der Waals surface area (Å²) in [5.74, 6) is 2.01. The lowest BCUT2D eigenvalue weighted by atomic mass is 10.2. The van der Waals surface area contributed by atoms with Crippen LogP contribution in [-0.2, 0) is 6.54 Å². The van der Waals surface area contributed by atoms with E-state index in [9.17, 15) is 5.11 Å². The number of furan rings is 1. The molecule has 0 saturated carbocycles. The molecular formula is C15H18N4O3. The van der Waals surface area contributed by atoms with E-state index in [1.165, 1.54) is 0 Å². The summed E-state index contributed by atoms with van der Waals surface area (Å²) in [6, 6.07) is 3.54. The van der Waals surface area contributed by atoms with Gasteiger partial charge in [0.1, 0.15) is 11.5 Å². The Balaban J connectivity index is 1.69. The zero-order chi connectivity index (χ0) is 15.7. The third-order valence-corrected chi connectivity index (χ3v) is 3.47. The molecule has 7 heteroatoms. The lowest BCUT2D eigenvalue weighted by Gasteiger charge is -2.09. The average molecular weight is 302 g/mol. The fourth-order valence-corrected chi connectivity index (χ4v) is 2.24. The summed E-state index contributed by atoms with van der Waals surface area (Å²) in [4.78, 5) is 0. The summed E-state index contributed by atoms with van der Waals surface area (Å²) in [7, 11) is 0. The molecular weight excluding hydrogens is 284 g/mol. The van der Waals surface area contributed by atoms with Gasteiger partial charge in [0, 0.05) is 11.8 Å². The van der Waals surface area contributed by atoms with Gasteiger partial charge in [0.05, 0.1) is 24.1 Å². The summed E-state index contributed by atoms with van der Waals surface area (Å²) in [5, 5.41) is 21.2. The van der Waals surface area contributed by atoms with Gasteiger partial charge < -0.3 is 19.4 Å². The summed E-state index contributed by atoms with van der Waals surface area (Å²) in [6.07, 6.45) is 2.55. The van der Waals surface area contributed by atoms with Crippen LogP contribution in [0.2, 0.25) is 0 Å². The first-order valence-electron chi connectivity index (χ1n) is 6.98. The SMILES string of the molecule is Cc1ccc(C(O)Nc2cnn(Cc3c(C)noc3C)c2)o1.